The lowest BCUT2D eigenvalue weighted by molar-refractivity contribution is 0.186. The van der Waals surface area contributed by atoms with Gasteiger partial charge in [0, 0.05) is 12.3 Å². The maximum Gasteiger partial charge on any atom is 0.243 e. The van der Waals surface area contributed by atoms with Crippen molar-refractivity contribution in [2.45, 2.75) is 25.4 Å². The van der Waals surface area contributed by atoms with Gasteiger partial charge in [-0.25, -0.2) is 13.6 Å². The minimum atomic E-state index is -3.75. The third-order valence-corrected chi connectivity index (χ3v) is 4.13. The van der Waals surface area contributed by atoms with Gasteiger partial charge in [-0.1, -0.05) is 6.92 Å². The predicted molar refractivity (Wildman–Crippen MR) is 65.0 cm³/mol. The van der Waals surface area contributed by atoms with Crippen molar-refractivity contribution in [3.05, 3.63) is 10.7 Å². The molecule has 6 nitrogen and oxygen atoms in total. The summed E-state index contributed by atoms with van der Waals surface area (Å²) in [5.74, 6) is 0.623. The highest BCUT2D eigenvalue weighted by Crippen LogP contribution is 2.32. The summed E-state index contributed by atoms with van der Waals surface area (Å²) in [6, 6.07) is -0.0123. The predicted octanol–water partition coefficient (Wildman–Crippen LogP) is -0.416. The largest absolute Gasteiger partial charge is 0.493 e. The molecule has 2 unspecified atom stereocenters. The summed E-state index contributed by atoms with van der Waals surface area (Å²) >= 11 is 0. The second-order valence-corrected chi connectivity index (χ2v) is 6.04. The Balaban J connectivity index is 2.36. The smallest absolute Gasteiger partial charge is 0.243 e. The van der Waals surface area contributed by atoms with Gasteiger partial charge in [-0.2, -0.15) is 0 Å². The molecule has 3 N–H and O–H groups in total. The van der Waals surface area contributed by atoms with Crippen LogP contribution in [0.5, 0.6) is 0 Å². The summed E-state index contributed by atoms with van der Waals surface area (Å²) in [5, 5.41) is 8.28. The van der Waals surface area contributed by atoms with Crippen molar-refractivity contribution in [1.82, 2.24) is 5.32 Å². The Morgan fingerprint density at radius 2 is 2.29 bits per heavy atom. The van der Waals surface area contributed by atoms with Gasteiger partial charge < -0.3 is 10.1 Å². The molecule has 2 rings (SSSR count). The highest BCUT2D eigenvalue weighted by atomic mass is 32.2. The number of aliphatic imine (C=N–C) groups is 1. The molecule has 0 radical (unpaired) electrons. The Hall–Kier alpha value is -0.920. The van der Waals surface area contributed by atoms with E-state index in [9.17, 15) is 8.42 Å². The van der Waals surface area contributed by atoms with E-state index in [-0.39, 0.29) is 22.9 Å². The fourth-order valence-corrected chi connectivity index (χ4v) is 2.91. The van der Waals surface area contributed by atoms with Crippen molar-refractivity contribution < 1.29 is 13.2 Å². The number of fused-ring (bicyclic) bond motifs is 1. The number of sulfonamides is 1. The minimum Gasteiger partial charge on any atom is -0.493 e. The van der Waals surface area contributed by atoms with E-state index >= 15 is 0 Å². The number of hydrogen-bond donors (Lipinski definition) is 2. The number of primary sulfonamides is 1. The van der Waals surface area contributed by atoms with Gasteiger partial charge in [-0.3, -0.25) is 4.99 Å². The van der Waals surface area contributed by atoms with Crippen LogP contribution in [0.1, 0.15) is 13.3 Å². The van der Waals surface area contributed by atoms with Crippen LogP contribution in [0.15, 0.2) is 15.7 Å². The van der Waals surface area contributed by atoms with Gasteiger partial charge in [0.05, 0.1) is 0 Å². The third kappa shape index (κ3) is 2.36. The zero-order valence-electron chi connectivity index (χ0n) is 9.88. The van der Waals surface area contributed by atoms with E-state index in [4.69, 9.17) is 9.88 Å². The van der Waals surface area contributed by atoms with Gasteiger partial charge in [0.25, 0.3) is 0 Å². The molecule has 0 saturated carbocycles. The number of nitrogens with two attached hydrogens (primary N) is 1. The van der Waals surface area contributed by atoms with Crippen LogP contribution >= 0.6 is 0 Å². The topological polar surface area (TPSA) is 93.8 Å². The average Bonchev–Trinajstić information content (AvgIpc) is 2.61. The number of likely N-dealkylation sites (N-methyl/N-ethyl adjacent to an activating group) is 1. The van der Waals surface area contributed by atoms with Crippen LogP contribution in [0.4, 0.5) is 0 Å². The van der Waals surface area contributed by atoms with Crippen molar-refractivity contribution in [3.8, 4) is 0 Å². The van der Waals surface area contributed by atoms with Crippen molar-refractivity contribution in [2.75, 3.05) is 13.7 Å². The Morgan fingerprint density at radius 1 is 1.59 bits per heavy atom. The minimum absolute atomic E-state index is 0.0195. The van der Waals surface area contributed by atoms with Crippen LogP contribution in [0.2, 0.25) is 0 Å². The molecule has 2 aliphatic heterocycles. The summed E-state index contributed by atoms with van der Waals surface area (Å²) in [6.07, 6.45) is 2.20. The molecular formula is C10H17N3O3S. The van der Waals surface area contributed by atoms with Gasteiger partial charge in [0.2, 0.25) is 10.0 Å². The van der Waals surface area contributed by atoms with Crippen LogP contribution in [-0.2, 0) is 14.8 Å². The lowest BCUT2D eigenvalue weighted by Crippen LogP contribution is -2.30. The molecular weight excluding hydrogens is 242 g/mol. The molecule has 0 amide bonds. The highest BCUT2D eigenvalue weighted by molar-refractivity contribution is 7.94. The monoisotopic (exact) mass is 259 g/mol. The first-order valence-electron chi connectivity index (χ1n) is 5.53. The van der Waals surface area contributed by atoms with Crippen LogP contribution in [-0.4, -0.2) is 40.4 Å². The Morgan fingerprint density at radius 3 is 2.88 bits per heavy atom. The molecule has 0 spiro atoms. The van der Waals surface area contributed by atoms with Gasteiger partial charge >= 0.3 is 0 Å². The SMILES string of the molecule is CN[C@@H]1COC2=C(S(N)(=O)=O)C=NC2C(C)C1. The molecule has 2 heterocycles. The maximum atomic E-state index is 11.4. The van der Waals surface area contributed by atoms with Crippen molar-refractivity contribution in [2.24, 2.45) is 16.0 Å². The fraction of sp³-hybridized carbons (Fsp3) is 0.700. The van der Waals surface area contributed by atoms with Crippen LogP contribution in [0.3, 0.4) is 0 Å². The van der Waals surface area contributed by atoms with Crippen LogP contribution in [0.25, 0.3) is 0 Å². The van der Waals surface area contributed by atoms with E-state index in [2.05, 4.69) is 10.3 Å². The zero-order chi connectivity index (χ0) is 12.6. The normalized spacial score (nSPS) is 33.2. The first-order chi connectivity index (χ1) is 7.93. The molecule has 3 atom stereocenters. The summed E-state index contributed by atoms with van der Waals surface area (Å²) in [4.78, 5) is 4.22. The van der Waals surface area contributed by atoms with Gasteiger partial charge in [0.15, 0.2) is 0 Å². The molecule has 0 aliphatic carbocycles. The summed E-state index contributed by atoms with van der Waals surface area (Å²) in [7, 11) is -1.89. The number of hydrogen-bond acceptors (Lipinski definition) is 5. The van der Waals surface area contributed by atoms with Crippen molar-refractivity contribution in [1.29, 1.82) is 0 Å². The molecule has 96 valence electrons. The standard InChI is InChI=1S/C10H17N3O3S/c1-6-3-7(12-2)5-16-10-8(17(11,14)15)4-13-9(6)10/h4,6-7,9,12H,3,5H2,1-2H3,(H2,11,14,15)/t6?,7-,9?/m0/s1. The third-order valence-electron chi connectivity index (χ3n) is 3.21. The lowest BCUT2D eigenvalue weighted by Gasteiger charge is -2.16. The summed E-state index contributed by atoms with van der Waals surface area (Å²) < 4.78 is 28.4. The number of nitrogens with zero attached hydrogens (tertiary/aromatic N) is 1. The molecule has 1 fully saturated rings. The number of allylic oxidation sites excluding steroid dienone is 1. The summed E-state index contributed by atoms with van der Waals surface area (Å²) in [5.41, 5.74) is 0. The van der Waals surface area contributed by atoms with Crippen LogP contribution in [0, 0.1) is 5.92 Å². The molecule has 0 aromatic carbocycles. The number of nitrogens with one attached hydrogen (secondary N) is 1. The Bertz CT molecular complexity index is 469. The van der Waals surface area contributed by atoms with E-state index in [0.717, 1.165) is 6.42 Å². The van der Waals surface area contributed by atoms with Crippen molar-refractivity contribution >= 4 is 16.2 Å². The first-order valence-corrected chi connectivity index (χ1v) is 7.08. The first kappa shape index (κ1) is 12.5. The second kappa shape index (κ2) is 4.40. The number of ether oxygens (including phenoxy) is 1. The van der Waals surface area contributed by atoms with E-state index in [1.54, 1.807) is 0 Å². The van der Waals surface area contributed by atoms with Gasteiger partial charge in [0.1, 0.15) is 23.3 Å². The quantitative estimate of drug-likeness (QED) is 0.704. The zero-order valence-corrected chi connectivity index (χ0v) is 10.7. The average molecular weight is 259 g/mol. The highest BCUT2D eigenvalue weighted by Gasteiger charge is 2.36. The molecule has 0 aromatic heterocycles. The molecule has 7 heteroatoms. The fourth-order valence-electron chi connectivity index (χ4n) is 2.24. The maximum absolute atomic E-state index is 11.4. The van der Waals surface area contributed by atoms with E-state index in [1.807, 2.05) is 14.0 Å². The molecule has 1 saturated heterocycles. The van der Waals surface area contributed by atoms with E-state index in [1.165, 1.54) is 6.21 Å². The Labute approximate surface area is 101 Å². The Kier molecular flexibility index (Phi) is 3.24. The summed E-state index contributed by atoms with van der Waals surface area (Å²) in [6.45, 7) is 2.47. The van der Waals surface area contributed by atoms with E-state index < -0.39 is 10.0 Å². The molecule has 0 aromatic rings. The number of rotatable bonds is 2. The molecule has 2 aliphatic rings. The van der Waals surface area contributed by atoms with Crippen LogP contribution < -0.4 is 10.5 Å². The molecule has 17 heavy (non-hydrogen) atoms. The van der Waals surface area contributed by atoms with Gasteiger partial charge in [-0.15, -0.1) is 0 Å². The van der Waals surface area contributed by atoms with E-state index in [0.29, 0.717) is 12.4 Å². The second-order valence-electron chi connectivity index (χ2n) is 4.51. The van der Waals surface area contributed by atoms with Crippen molar-refractivity contribution in [3.63, 3.8) is 0 Å². The van der Waals surface area contributed by atoms with Gasteiger partial charge in [-0.05, 0) is 19.4 Å². The molecule has 0 bridgehead atoms. The lowest BCUT2D eigenvalue weighted by atomic mass is 9.95.